The van der Waals surface area contributed by atoms with Crippen molar-refractivity contribution in [3.63, 3.8) is 0 Å². The number of nitrogens with one attached hydrogen (secondary N) is 1. The largest absolute Gasteiger partial charge is 0.352 e. The molecule has 2 aromatic carbocycles. The molecule has 0 aliphatic heterocycles. The molecule has 5 heteroatoms. The molecule has 0 spiro atoms. The molecule has 1 fully saturated rings. The Morgan fingerprint density at radius 1 is 1.00 bits per heavy atom. The van der Waals surface area contributed by atoms with E-state index in [-0.39, 0.29) is 17.7 Å². The standard InChI is InChI=1S/C26H27N3O2/c1-19-4-2-5-21(14-19)18-29(26(31)23-9-10-23)24-11-7-20(8-12-24)15-25(30)28-17-22-6-3-13-27-16-22/h2-8,11-14,16,23H,9-10,15,17-18H2,1H3,(H,28,30). The average molecular weight is 414 g/mol. The molecule has 0 unspecified atom stereocenters. The average Bonchev–Trinajstić information content (AvgIpc) is 3.63. The van der Waals surface area contributed by atoms with Gasteiger partial charge >= 0.3 is 0 Å². The number of nitrogens with zero attached hydrogens (tertiary/aromatic N) is 2. The van der Waals surface area contributed by atoms with Gasteiger partial charge in [0.15, 0.2) is 0 Å². The third kappa shape index (κ3) is 5.79. The van der Waals surface area contributed by atoms with Gasteiger partial charge in [0.25, 0.3) is 0 Å². The Hall–Kier alpha value is -3.47. The molecule has 1 saturated carbocycles. The van der Waals surface area contributed by atoms with E-state index in [1.54, 1.807) is 12.4 Å². The van der Waals surface area contributed by atoms with Gasteiger partial charge in [0.05, 0.1) is 13.0 Å². The van der Waals surface area contributed by atoms with Gasteiger partial charge in [0.2, 0.25) is 11.8 Å². The van der Waals surface area contributed by atoms with Crippen LogP contribution in [0.25, 0.3) is 0 Å². The summed E-state index contributed by atoms with van der Waals surface area (Å²) in [4.78, 5) is 31.2. The van der Waals surface area contributed by atoms with Crippen molar-refractivity contribution in [2.24, 2.45) is 5.92 Å². The summed E-state index contributed by atoms with van der Waals surface area (Å²) < 4.78 is 0. The smallest absolute Gasteiger partial charge is 0.230 e. The van der Waals surface area contributed by atoms with E-state index in [0.717, 1.165) is 35.2 Å². The fraction of sp³-hybridized carbons (Fsp3) is 0.269. The highest BCUT2D eigenvalue weighted by molar-refractivity contribution is 5.96. The first-order valence-corrected chi connectivity index (χ1v) is 10.7. The lowest BCUT2D eigenvalue weighted by Crippen LogP contribution is -2.31. The van der Waals surface area contributed by atoms with Gasteiger partial charge in [-0.2, -0.15) is 0 Å². The second-order valence-corrected chi connectivity index (χ2v) is 8.17. The van der Waals surface area contributed by atoms with Crippen molar-refractivity contribution in [3.8, 4) is 0 Å². The molecular weight excluding hydrogens is 386 g/mol. The van der Waals surface area contributed by atoms with E-state index >= 15 is 0 Å². The van der Waals surface area contributed by atoms with Gasteiger partial charge in [-0.3, -0.25) is 14.6 Å². The first kappa shape index (κ1) is 20.8. The van der Waals surface area contributed by atoms with Crippen molar-refractivity contribution in [3.05, 3.63) is 95.3 Å². The highest BCUT2D eigenvalue weighted by Gasteiger charge is 2.34. The maximum Gasteiger partial charge on any atom is 0.230 e. The van der Waals surface area contributed by atoms with Gasteiger partial charge in [0, 0.05) is 30.5 Å². The van der Waals surface area contributed by atoms with E-state index < -0.39 is 0 Å². The van der Waals surface area contributed by atoms with Crippen LogP contribution in [0, 0.1) is 12.8 Å². The monoisotopic (exact) mass is 413 g/mol. The molecule has 3 aromatic rings. The predicted molar refractivity (Wildman–Crippen MR) is 121 cm³/mol. The number of aryl methyl sites for hydroxylation is 1. The molecule has 1 N–H and O–H groups in total. The first-order chi connectivity index (χ1) is 15.1. The number of hydrogen-bond acceptors (Lipinski definition) is 3. The molecule has 2 amide bonds. The van der Waals surface area contributed by atoms with Crippen molar-refractivity contribution in [1.82, 2.24) is 10.3 Å². The number of amides is 2. The highest BCUT2D eigenvalue weighted by atomic mass is 16.2. The Kier molecular flexibility index (Phi) is 6.41. The summed E-state index contributed by atoms with van der Waals surface area (Å²) in [6, 6.07) is 19.8. The van der Waals surface area contributed by atoms with Gasteiger partial charge in [-0.1, -0.05) is 48.0 Å². The van der Waals surface area contributed by atoms with Gasteiger partial charge in [-0.05, 0) is 54.7 Å². The number of rotatable bonds is 8. The number of anilines is 1. The summed E-state index contributed by atoms with van der Waals surface area (Å²) in [6.07, 6.45) is 5.70. The molecule has 1 heterocycles. The lowest BCUT2D eigenvalue weighted by molar-refractivity contribution is -0.121. The fourth-order valence-electron chi connectivity index (χ4n) is 3.59. The third-order valence-electron chi connectivity index (χ3n) is 5.44. The van der Waals surface area contributed by atoms with Crippen LogP contribution in [0.1, 0.15) is 35.1 Å². The van der Waals surface area contributed by atoms with Crippen LogP contribution in [-0.2, 0) is 29.1 Å². The van der Waals surface area contributed by atoms with Crippen LogP contribution in [0.15, 0.2) is 73.1 Å². The predicted octanol–water partition coefficient (Wildman–Crippen LogP) is 4.19. The number of pyridine rings is 1. The Labute approximate surface area is 183 Å². The minimum atomic E-state index is -0.0396. The number of aromatic nitrogens is 1. The summed E-state index contributed by atoms with van der Waals surface area (Å²) in [5.74, 6) is 0.286. The molecule has 31 heavy (non-hydrogen) atoms. The number of carbonyl (C=O) groups excluding carboxylic acids is 2. The minimum Gasteiger partial charge on any atom is -0.352 e. The van der Waals surface area contributed by atoms with E-state index in [2.05, 4.69) is 35.4 Å². The van der Waals surface area contributed by atoms with Crippen LogP contribution < -0.4 is 10.2 Å². The lowest BCUT2D eigenvalue weighted by atomic mass is 10.1. The maximum atomic E-state index is 12.9. The minimum absolute atomic E-state index is 0.0396. The summed E-state index contributed by atoms with van der Waals surface area (Å²) in [6.45, 7) is 3.08. The molecule has 1 aromatic heterocycles. The Morgan fingerprint density at radius 2 is 1.77 bits per heavy atom. The molecule has 0 radical (unpaired) electrons. The lowest BCUT2D eigenvalue weighted by Gasteiger charge is -2.23. The summed E-state index contributed by atoms with van der Waals surface area (Å²) >= 11 is 0. The van der Waals surface area contributed by atoms with Crippen LogP contribution in [-0.4, -0.2) is 16.8 Å². The van der Waals surface area contributed by atoms with Crippen molar-refractivity contribution < 1.29 is 9.59 Å². The Morgan fingerprint density at radius 3 is 2.45 bits per heavy atom. The molecule has 0 bridgehead atoms. The molecule has 1 aliphatic carbocycles. The zero-order valence-corrected chi connectivity index (χ0v) is 17.8. The van der Waals surface area contributed by atoms with Crippen molar-refractivity contribution in [2.45, 2.75) is 39.3 Å². The molecule has 4 rings (SSSR count). The van der Waals surface area contributed by atoms with E-state index in [1.807, 2.05) is 47.4 Å². The SMILES string of the molecule is Cc1cccc(CN(C(=O)C2CC2)c2ccc(CC(=O)NCc3cccnc3)cc2)c1. The van der Waals surface area contributed by atoms with Gasteiger partial charge in [0.1, 0.15) is 0 Å². The van der Waals surface area contributed by atoms with Gasteiger partial charge in [-0.15, -0.1) is 0 Å². The number of carbonyl (C=O) groups is 2. The summed E-state index contributed by atoms with van der Waals surface area (Å²) in [7, 11) is 0. The third-order valence-corrected chi connectivity index (χ3v) is 5.44. The molecule has 5 nitrogen and oxygen atoms in total. The van der Waals surface area contributed by atoms with Gasteiger partial charge < -0.3 is 10.2 Å². The molecule has 0 saturated heterocycles. The quantitative estimate of drug-likeness (QED) is 0.602. The molecule has 1 aliphatic rings. The van der Waals surface area contributed by atoms with E-state index in [0.29, 0.717) is 19.5 Å². The van der Waals surface area contributed by atoms with Crippen molar-refractivity contribution in [2.75, 3.05) is 4.90 Å². The van der Waals surface area contributed by atoms with Crippen LogP contribution >= 0.6 is 0 Å². The number of hydrogen-bond donors (Lipinski definition) is 1. The van der Waals surface area contributed by atoms with Crippen molar-refractivity contribution >= 4 is 17.5 Å². The summed E-state index contributed by atoms with van der Waals surface area (Å²) in [5, 5.41) is 2.92. The molecule has 158 valence electrons. The number of benzene rings is 2. The van der Waals surface area contributed by atoms with Crippen LogP contribution in [0.2, 0.25) is 0 Å². The summed E-state index contributed by atoms with van der Waals surface area (Å²) in [5.41, 5.74) is 5.06. The molecular formula is C26H27N3O2. The fourth-order valence-corrected chi connectivity index (χ4v) is 3.59. The second-order valence-electron chi connectivity index (χ2n) is 8.17. The first-order valence-electron chi connectivity index (χ1n) is 10.7. The van der Waals surface area contributed by atoms with E-state index in [4.69, 9.17) is 0 Å². The van der Waals surface area contributed by atoms with Crippen LogP contribution in [0.3, 0.4) is 0 Å². The normalized spacial score (nSPS) is 12.9. The maximum absolute atomic E-state index is 12.9. The van der Waals surface area contributed by atoms with Gasteiger partial charge in [-0.25, -0.2) is 0 Å². The second kappa shape index (κ2) is 9.56. The van der Waals surface area contributed by atoms with Crippen molar-refractivity contribution in [1.29, 1.82) is 0 Å². The zero-order chi connectivity index (χ0) is 21.6. The highest BCUT2D eigenvalue weighted by Crippen LogP contribution is 2.33. The van der Waals surface area contributed by atoms with E-state index in [9.17, 15) is 9.59 Å². The topological polar surface area (TPSA) is 62.3 Å². The van der Waals surface area contributed by atoms with E-state index in [1.165, 1.54) is 5.56 Å². The molecule has 0 atom stereocenters. The zero-order valence-electron chi connectivity index (χ0n) is 17.8. The Balaban J connectivity index is 1.41. The Bertz CT molecular complexity index is 1040. The van der Waals surface area contributed by atoms with Crippen LogP contribution in [0.5, 0.6) is 0 Å². The van der Waals surface area contributed by atoms with Crippen LogP contribution in [0.4, 0.5) is 5.69 Å².